The number of rotatable bonds is 8. The number of carbonyl (C=O) groups excluding carboxylic acids is 1. The van der Waals surface area contributed by atoms with E-state index in [1.807, 2.05) is 0 Å². The van der Waals surface area contributed by atoms with Gasteiger partial charge in [0.2, 0.25) is 0 Å². The maximum absolute atomic E-state index is 12.3. The molecule has 4 aliphatic carbocycles. The third kappa shape index (κ3) is 4.36. The lowest BCUT2D eigenvalue weighted by Crippen LogP contribution is -2.59. The van der Waals surface area contributed by atoms with Crippen LogP contribution in [0.15, 0.2) is 10.2 Å². The lowest BCUT2D eigenvalue weighted by Gasteiger charge is -2.62. The van der Waals surface area contributed by atoms with Crippen molar-refractivity contribution in [2.24, 2.45) is 56.6 Å². The Bertz CT molecular complexity index is 873. The number of hydrogen-bond acceptors (Lipinski definition) is 5. The first-order chi connectivity index (χ1) is 16.7. The fourth-order valence-corrected chi connectivity index (χ4v) is 9.75. The van der Waals surface area contributed by atoms with Gasteiger partial charge in [-0.05, 0) is 105 Å². The summed E-state index contributed by atoms with van der Waals surface area (Å²) in [4.78, 5) is 12.3. The minimum atomic E-state index is -0.191. The number of nitrogens with zero attached hydrogens (tertiary/aromatic N) is 2. The van der Waals surface area contributed by atoms with Gasteiger partial charge in [-0.3, -0.25) is 4.79 Å². The molecule has 194 valence electrons. The Kier molecular flexibility index (Phi) is 6.83. The molecule has 0 aromatic heterocycles. The zero-order chi connectivity index (χ0) is 24.8. The van der Waals surface area contributed by atoms with Crippen LogP contribution in [0.3, 0.4) is 0 Å². The van der Waals surface area contributed by atoms with E-state index in [4.69, 9.17) is 11.2 Å². The number of aliphatic hydroxyl groups is 1. The van der Waals surface area contributed by atoms with Gasteiger partial charge in [-0.25, -0.2) is 0 Å². The molecule has 35 heavy (non-hydrogen) atoms. The largest absolute Gasteiger partial charge is 0.466 e. The molecule has 0 aromatic carbocycles. The molecule has 0 amide bonds. The number of terminal acetylenes is 1. The molecule has 5 heteroatoms. The number of carbonyl (C=O) groups is 1. The Morgan fingerprint density at radius 2 is 1.86 bits per heavy atom. The fraction of sp³-hybridized carbons (Fsp3) is 0.900. The van der Waals surface area contributed by atoms with E-state index >= 15 is 0 Å². The second-order valence-electron chi connectivity index (χ2n) is 13.3. The first-order valence-electron chi connectivity index (χ1n) is 14.4. The van der Waals surface area contributed by atoms with Crippen molar-refractivity contribution in [2.75, 3.05) is 6.61 Å². The van der Waals surface area contributed by atoms with Gasteiger partial charge < -0.3 is 9.84 Å². The van der Waals surface area contributed by atoms with Crippen LogP contribution in [0.25, 0.3) is 0 Å². The molecular weight excluding hydrogens is 436 g/mol. The van der Waals surface area contributed by atoms with E-state index < -0.39 is 0 Å². The molecule has 1 spiro atoms. The van der Waals surface area contributed by atoms with Crippen molar-refractivity contribution >= 4 is 5.97 Å². The lowest BCUT2D eigenvalue weighted by atomic mass is 9.42. The Balaban J connectivity index is 1.21. The molecule has 4 saturated carbocycles. The van der Waals surface area contributed by atoms with E-state index in [9.17, 15) is 9.90 Å². The maximum atomic E-state index is 12.3. The second-order valence-corrected chi connectivity index (χ2v) is 13.3. The highest BCUT2D eigenvalue weighted by Crippen LogP contribution is 2.72. The van der Waals surface area contributed by atoms with Crippen LogP contribution in [0.1, 0.15) is 104 Å². The average molecular weight is 483 g/mol. The molecular formula is C30H46N2O3. The van der Waals surface area contributed by atoms with Crippen molar-refractivity contribution in [3.05, 3.63) is 0 Å². The summed E-state index contributed by atoms with van der Waals surface area (Å²) in [6.45, 7) is 7.95. The van der Waals surface area contributed by atoms with Gasteiger partial charge in [-0.1, -0.05) is 20.8 Å². The SMILES string of the molecule is C#CCCCCOC(=O)CCC(C)[C@H]1CCC2C3CC4(N=N4)[C@H]4C[C@@H](O)CC[C@]4(C)C3CC[C@@]21C. The summed E-state index contributed by atoms with van der Waals surface area (Å²) in [5, 5.41) is 19.8. The zero-order valence-electron chi connectivity index (χ0n) is 22.2. The van der Waals surface area contributed by atoms with Crippen molar-refractivity contribution in [3.63, 3.8) is 0 Å². The first kappa shape index (κ1) is 25.2. The highest BCUT2D eigenvalue weighted by Gasteiger charge is 2.69. The first-order valence-corrected chi connectivity index (χ1v) is 14.4. The van der Waals surface area contributed by atoms with E-state index in [0.717, 1.165) is 63.2 Å². The second kappa shape index (κ2) is 9.47. The van der Waals surface area contributed by atoms with Crippen molar-refractivity contribution < 1.29 is 14.6 Å². The van der Waals surface area contributed by atoms with Gasteiger partial charge in [0.1, 0.15) is 0 Å². The third-order valence-corrected chi connectivity index (χ3v) is 11.6. The van der Waals surface area contributed by atoms with Gasteiger partial charge in [0.25, 0.3) is 0 Å². The number of ether oxygens (including phenoxy) is 1. The summed E-state index contributed by atoms with van der Waals surface area (Å²) in [5.74, 6) is 6.42. The van der Waals surface area contributed by atoms with Crippen LogP contribution in [0.5, 0.6) is 0 Å². The smallest absolute Gasteiger partial charge is 0.305 e. The quantitative estimate of drug-likeness (QED) is 0.242. The molecule has 0 aromatic rings. The van der Waals surface area contributed by atoms with Gasteiger partial charge in [-0.2, -0.15) is 10.2 Å². The minimum Gasteiger partial charge on any atom is -0.466 e. The van der Waals surface area contributed by atoms with Crippen LogP contribution >= 0.6 is 0 Å². The number of esters is 1. The molecule has 4 fully saturated rings. The highest BCUT2D eigenvalue weighted by atomic mass is 16.5. The van der Waals surface area contributed by atoms with E-state index in [2.05, 4.69) is 36.9 Å². The topological polar surface area (TPSA) is 71.2 Å². The van der Waals surface area contributed by atoms with Crippen LogP contribution in [0.2, 0.25) is 0 Å². The normalized spacial score (nSPS) is 43.5. The summed E-state index contributed by atoms with van der Waals surface area (Å²) in [6.07, 6.45) is 18.4. The number of hydrogen-bond donors (Lipinski definition) is 1. The maximum Gasteiger partial charge on any atom is 0.305 e. The molecule has 5 aliphatic rings. The molecule has 1 heterocycles. The summed E-state index contributed by atoms with van der Waals surface area (Å²) >= 11 is 0. The predicted octanol–water partition coefficient (Wildman–Crippen LogP) is 6.54. The molecule has 0 radical (unpaired) electrons. The van der Waals surface area contributed by atoms with E-state index in [-0.39, 0.29) is 23.2 Å². The third-order valence-electron chi connectivity index (χ3n) is 11.6. The highest BCUT2D eigenvalue weighted by molar-refractivity contribution is 5.69. The van der Waals surface area contributed by atoms with Gasteiger partial charge in [0.15, 0.2) is 5.66 Å². The standard InChI is InChI=1S/C30H46N2O3/c1-5-6-7-8-17-35-27(34)12-9-20(2)23-10-11-24-22-19-30(31-32-30)26-18-21(33)13-15-29(26,4)25(22)14-16-28(23,24)3/h1,20-26,33H,6-19H2,2-4H3/t20?,21-,22?,23+,24?,25?,26-,28+,29+/m0/s1. The van der Waals surface area contributed by atoms with Crippen LogP contribution in [0, 0.1) is 58.7 Å². The predicted molar refractivity (Wildman–Crippen MR) is 136 cm³/mol. The van der Waals surface area contributed by atoms with Crippen molar-refractivity contribution in [2.45, 2.75) is 116 Å². The number of unbranched alkanes of at least 4 members (excludes halogenated alkanes) is 2. The fourth-order valence-electron chi connectivity index (χ4n) is 9.75. The molecule has 0 bridgehead atoms. The Hall–Kier alpha value is -1.41. The molecule has 1 N–H and O–H groups in total. The van der Waals surface area contributed by atoms with E-state index in [0.29, 0.717) is 42.1 Å². The Morgan fingerprint density at radius 3 is 2.60 bits per heavy atom. The Labute approximate surface area is 212 Å². The minimum absolute atomic E-state index is 0.0504. The van der Waals surface area contributed by atoms with Gasteiger partial charge in [0, 0.05) is 25.2 Å². The van der Waals surface area contributed by atoms with Gasteiger partial charge >= 0.3 is 5.97 Å². The molecule has 5 nitrogen and oxygen atoms in total. The van der Waals surface area contributed by atoms with E-state index in [1.165, 1.54) is 25.7 Å². The number of fused-ring (bicyclic) bond motifs is 6. The monoisotopic (exact) mass is 482 g/mol. The van der Waals surface area contributed by atoms with Crippen LogP contribution in [-0.2, 0) is 9.53 Å². The van der Waals surface area contributed by atoms with Crippen molar-refractivity contribution in [1.29, 1.82) is 0 Å². The van der Waals surface area contributed by atoms with E-state index in [1.54, 1.807) is 0 Å². The summed E-state index contributed by atoms with van der Waals surface area (Å²) in [7, 11) is 0. The summed E-state index contributed by atoms with van der Waals surface area (Å²) < 4.78 is 5.46. The van der Waals surface area contributed by atoms with Crippen LogP contribution < -0.4 is 0 Å². The van der Waals surface area contributed by atoms with Crippen LogP contribution in [0.4, 0.5) is 0 Å². The molecule has 5 rings (SSSR count). The zero-order valence-corrected chi connectivity index (χ0v) is 22.2. The molecule has 0 saturated heterocycles. The molecule has 4 unspecified atom stereocenters. The van der Waals surface area contributed by atoms with Crippen molar-refractivity contribution in [3.8, 4) is 12.3 Å². The van der Waals surface area contributed by atoms with Gasteiger partial charge in [0.05, 0.1) is 12.7 Å². The van der Waals surface area contributed by atoms with Crippen molar-refractivity contribution in [1.82, 2.24) is 0 Å². The lowest BCUT2D eigenvalue weighted by molar-refractivity contribution is -0.147. The molecule has 1 aliphatic heterocycles. The molecule has 9 atom stereocenters. The average Bonchev–Trinajstić information content (AvgIpc) is 3.50. The Morgan fingerprint density at radius 1 is 1.11 bits per heavy atom. The van der Waals surface area contributed by atoms with Crippen LogP contribution in [-0.4, -0.2) is 29.4 Å². The summed E-state index contributed by atoms with van der Waals surface area (Å²) in [5.41, 5.74) is 0.428. The number of aliphatic hydroxyl groups excluding tert-OH is 1. The summed E-state index contributed by atoms with van der Waals surface area (Å²) in [6, 6.07) is 0. The van der Waals surface area contributed by atoms with Gasteiger partial charge in [-0.15, -0.1) is 12.3 Å².